The molecule has 1 N–H and O–H groups in total. The molecule has 2 aromatic carbocycles. The maximum Gasteiger partial charge on any atom is 0.264 e. The first-order valence-corrected chi connectivity index (χ1v) is 11.4. The predicted molar refractivity (Wildman–Crippen MR) is 116 cm³/mol. The Balaban J connectivity index is 1.69. The third-order valence-electron chi connectivity index (χ3n) is 5.57. The Hall–Kier alpha value is -2.38. The van der Waals surface area contributed by atoms with Crippen molar-refractivity contribution in [1.29, 1.82) is 0 Å². The van der Waals surface area contributed by atoms with E-state index in [-0.39, 0.29) is 10.8 Å². The maximum absolute atomic E-state index is 12.9. The lowest BCUT2D eigenvalue weighted by atomic mass is 9.94. The first-order valence-electron chi connectivity index (χ1n) is 9.99. The van der Waals surface area contributed by atoms with Gasteiger partial charge in [0.25, 0.3) is 15.9 Å². The normalized spacial score (nSPS) is 15.8. The molecule has 0 saturated carbocycles. The van der Waals surface area contributed by atoms with Gasteiger partial charge in [-0.05, 0) is 69.6 Å². The van der Waals surface area contributed by atoms with Crippen molar-refractivity contribution in [1.82, 2.24) is 10.2 Å². The molecule has 29 heavy (non-hydrogen) atoms. The molecule has 0 atom stereocenters. The molecule has 1 aliphatic rings. The Morgan fingerprint density at radius 1 is 1.07 bits per heavy atom. The molecule has 1 fully saturated rings. The number of hydrogen-bond acceptors (Lipinski definition) is 4. The second-order valence-electron chi connectivity index (χ2n) is 7.59. The second-order valence-corrected chi connectivity index (χ2v) is 9.56. The second kappa shape index (κ2) is 9.41. The van der Waals surface area contributed by atoms with Crippen molar-refractivity contribution < 1.29 is 13.2 Å². The highest BCUT2D eigenvalue weighted by Gasteiger charge is 2.25. The van der Waals surface area contributed by atoms with Gasteiger partial charge in [0.1, 0.15) is 0 Å². The number of rotatable bonds is 7. The van der Waals surface area contributed by atoms with Crippen molar-refractivity contribution in [2.75, 3.05) is 38.0 Å². The first kappa shape index (κ1) is 21.3. The zero-order valence-corrected chi connectivity index (χ0v) is 17.9. The molecular weight excluding hydrogens is 386 g/mol. The summed E-state index contributed by atoms with van der Waals surface area (Å²) in [5.74, 6) is 0.381. The molecule has 1 saturated heterocycles. The molecule has 0 aromatic heterocycles. The zero-order valence-electron chi connectivity index (χ0n) is 17.0. The molecule has 0 aliphatic carbocycles. The summed E-state index contributed by atoms with van der Waals surface area (Å²) in [6.07, 6.45) is 3.25. The monoisotopic (exact) mass is 415 g/mol. The van der Waals surface area contributed by atoms with Crippen LogP contribution in [0.2, 0.25) is 0 Å². The molecule has 0 bridgehead atoms. The first-order chi connectivity index (χ1) is 13.9. The number of piperidine rings is 1. The van der Waals surface area contributed by atoms with Crippen molar-refractivity contribution >= 4 is 21.6 Å². The van der Waals surface area contributed by atoms with Crippen LogP contribution in [-0.2, 0) is 10.0 Å². The fourth-order valence-electron chi connectivity index (χ4n) is 3.66. The Morgan fingerprint density at radius 3 is 2.38 bits per heavy atom. The average molecular weight is 416 g/mol. The van der Waals surface area contributed by atoms with Crippen LogP contribution in [0, 0.1) is 5.92 Å². The summed E-state index contributed by atoms with van der Waals surface area (Å²) in [6, 6.07) is 15.0. The van der Waals surface area contributed by atoms with E-state index in [9.17, 15) is 13.2 Å². The van der Waals surface area contributed by atoms with Crippen LogP contribution in [0.25, 0.3) is 0 Å². The molecule has 1 heterocycles. The fourth-order valence-corrected chi connectivity index (χ4v) is 4.89. The Bertz CT molecular complexity index is 923. The Morgan fingerprint density at radius 2 is 1.69 bits per heavy atom. The third kappa shape index (κ3) is 5.16. The van der Waals surface area contributed by atoms with E-state index >= 15 is 0 Å². The van der Waals surface area contributed by atoms with Gasteiger partial charge in [-0.25, -0.2) is 8.42 Å². The van der Waals surface area contributed by atoms with Crippen molar-refractivity contribution in [3.05, 3.63) is 60.2 Å². The molecule has 3 rings (SSSR count). The van der Waals surface area contributed by atoms with Gasteiger partial charge in [0.05, 0.1) is 16.1 Å². The molecular formula is C22H29N3O3S. The molecule has 2 aromatic rings. The Labute approximate surface area is 173 Å². The van der Waals surface area contributed by atoms with Crippen LogP contribution in [0.15, 0.2) is 59.5 Å². The summed E-state index contributed by atoms with van der Waals surface area (Å²) >= 11 is 0. The van der Waals surface area contributed by atoms with Crippen molar-refractivity contribution in [3.63, 3.8) is 0 Å². The van der Waals surface area contributed by atoms with Gasteiger partial charge in [0, 0.05) is 13.6 Å². The number of hydrogen-bond donors (Lipinski definition) is 1. The zero-order chi connectivity index (χ0) is 20.9. The highest BCUT2D eigenvalue weighted by Crippen LogP contribution is 2.26. The maximum atomic E-state index is 12.9. The van der Waals surface area contributed by atoms with Crippen molar-refractivity contribution in [3.8, 4) is 0 Å². The highest BCUT2D eigenvalue weighted by molar-refractivity contribution is 7.92. The minimum absolute atomic E-state index is 0.194. The minimum atomic E-state index is -3.74. The van der Waals surface area contributed by atoms with Crippen molar-refractivity contribution in [2.24, 2.45) is 5.92 Å². The predicted octanol–water partition coefficient (Wildman–Crippen LogP) is 2.97. The molecule has 1 aliphatic heterocycles. The number of amides is 1. The lowest BCUT2D eigenvalue weighted by Crippen LogP contribution is -2.33. The van der Waals surface area contributed by atoms with Gasteiger partial charge in [-0.15, -0.1) is 0 Å². The van der Waals surface area contributed by atoms with Crippen LogP contribution in [-0.4, -0.2) is 53.0 Å². The Kier molecular flexibility index (Phi) is 6.92. The lowest BCUT2D eigenvalue weighted by molar-refractivity contribution is 0.0949. The average Bonchev–Trinajstić information content (AvgIpc) is 2.75. The number of benzene rings is 2. The number of nitrogens with zero attached hydrogens (tertiary/aromatic N) is 2. The quantitative estimate of drug-likeness (QED) is 0.755. The van der Waals surface area contributed by atoms with E-state index in [1.54, 1.807) is 54.6 Å². The van der Waals surface area contributed by atoms with Crippen LogP contribution in [0.4, 0.5) is 5.69 Å². The molecule has 0 unspecified atom stereocenters. The lowest BCUT2D eigenvalue weighted by Gasteiger charge is -2.29. The molecule has 7 heteroatoms. The van der Waals surface area contributed by atoms with Crippen LogP contribution in [0.3, 0.4) is 0 Å². The minimum Gasteiger partial charge on any atom is -0.352 e. The van der Waals surface area contributed by atoms with E-state index in [4.69, 9.17) is 0 Å². The smallest absolute Gasteiger partial charge is 0.264 e. The molecule has 6 nitrogen and oxygen atoms in total. The van der Waals surface area contributed by atoms with Crippen LogP contribution in [0.1, 0.15) is 29.6 Å². The number of sulfonamides is 1. The highest BCUT2D eigenvalue weighted by atomic mass is 32.2. The van der Waals surface area contributed by atoms with Crippen LogP contribution < -0.4 is 9.62 Å². The summed E-state index contributed by atoms with van der Waals surface area (Å²) < 4.78 is 27.1. The number of anilines is 1. The van der Waals surface area contributed by atoms with E-state index in [2.05, 4.69) is 17.3 Å². The van der Waals surface area contributed by atoms with Crippen LogP contribution in [0.5, 0.6) is 0 Å². The van der Waals surface area contributed by atoms with Gasteiger partial charge in [0.2, 0.25) is 0 Å². The summed E-state index contributed by atoms with van der Waals surface area (Å²) in [6.45, 7) is 2.80. The summed E-state index contributed by atoms with van der Waals surface area (Å²) in [7, 11) is -0.129. The van der Waals surface area contributed by atoms with E-state index in [0.29, 0.717) is 23.7 Å². The van der Waals surface area contributed by atoms with Gasteiger partial charge in [-0.1, -0.05) is 30.3 Å². The fraction of sp³-hybridized carbons (Fsp3) is 0.409. The van der Waals surface area contributed by atoms with Crippen LogP contribution >= 0.6 is 0 Å². The topological polar surface area (TPSA) is 69.7 Å². The number of carbonyl (C=O) groups excluding carboxylic acids is 1. The number of likely N-dealkylation sites (tertiary alicyclic amines) is 1. The van der Waals surface area contributed by atoms with E-state index in [0.717, 1.165) is 32.4 Å². The van der Waals surface area contributed by atoms with Crippen molar-refractivity contribution in [2.45, 2.75) is 24.2 Å². The SMILES string of the molecule is CN1CCC(CCNC(=O)c2ccccc2N(C)S(=O)(=O)c2ccccc2)CC1. The number of para-hydroxylation sites is 1. The molecule has 156 valence electrons. The van der Waals surface area contributed by atoms with E-state index < -0.39 is 10.0 Å². The molecule has 0 spiro atoms. The third-order valence-corrected chi connectivity index (χ3v) is 7.35. The van der Waals surface area contributed by atoms with Gasteiger partial charge in [-0.3, -0.25) is 9.10 Å². The summed E-state index contributed by atoms with van der Waals surface area (Å²) in [4.78, 5) is 15.3. The molecule has 0 radical (unpaired) electrons. The largest absolute Gasteiger partial charge is 0.352 e. The van der Waals surface area contributed by atoms with Gasteiger partial charge in [0.15, 0.2) is 0 Å². The number of carbonyl (C=O) groups is 1. The van der Waals surface area contributed by atoms with Gasteiger partial charge >= 0.3 is 0 Å². The van der Waals surface area contributed by atoms with E-state index in [1.807, 2.05) is 0 Å². The molecule has 1 amide bonds. The van der Waals surface area contributed by atoms with Gasteiger partial charge in [-0.2, -0.15) is 0 Å². The summed E-state index contributed by atoms with van der Waals surface area (Å²) in [5, 5.41) is 2.97. The standard InChI is InChI=1S/C22H29N3O3S/c1-24-16-13-18(14-17-24)12-15-23-22(26)20-10-6-7-11-21(20)25(2)29(27,28)19-8-4-3-5-9-19/h3-11,18H,12-17H2,1-2H3,(H,23,26). The van der Waals surface area contributed by atoms with Gasteiger partial charge < -0.3 is 10.2 Å². The van der Waals surface area contributed by atoms with E-state index in [1.165, 1.54) is 11.4 Å². The summed E-state index contributed by atoms with van der Waals surface area (Å²) in [5.41, 5.74) is 0.728. The number of nitrogens with one attached hydrogen (secondary N) is 1.